The van der Waals surface area contributed by atoms with E-state index in [-0.39, 0.29) is 29.7 Å². The van der Waals surface area contributed by atoms with Crippen LogP contribution in [0, 0.1) is 17.8 Å². The van der Waals surface area contributed by atoms with Crippen LogP contribution in [-0.4, -0.2) is 47.5 Å². The van der Waals surface area contributed by atoms with Gasteiger partial charge in [-0.15, -0.1) is 0 Å². The molecule has 2 amide bonds. The van der Waals surface area contributed by atoms with Crippen molar-refractivity contribution in [2.75, 3.05) is 19.7 Å². The van der Waals surface area contributed by atoms with Crippen LogP contribution in [0.2, 0.25) is 0 Å². The number of nitrogens with zero attached hydrogens (tertiary/aromatic N) is 2. The van der Waals surface area contributed by atoms with Crippen molar-refractivity contribution in [2.45, 2.75) is 39.8 Å². The molecule has 0 aromatic heterocycles. The van der Waals surface area contributed by atoms with Gasteiger partial charge in [0.2, 0.25) is 5.91 Å². The Morgan fingerprint density at radius 3 is 2.60 bits per heavy atom. The van der Waals surface area contributed by atoms with Gasteiger partial charge < -0.3 is 4.74 Å². The Morgan fingerprint density at radius 2 is 1.96 bits per heavy atom. The number of benzene rings is 1. The molecule has 0 aliphatic carbocycles. The van der Waals surface area contributed by atoms with Crippen LogP contribution in [0.25, 0.3) is 0 Å². The molecule has 5 heteroatoms. The molecule has 0 bridgehead atoms. The summed E-state index contributed by atoms with van der Waals surface area (Å²) in [5.74, 6) is 0.318. The second kappa shape index (κ2) is 7.56. The topological polar surface area (TPSA) is 49.9 Å². The Kier molecular flexibility index (Phi) is 5.42. The first-order valence-electron chi connectivity index (χ1n) is 9.27. The highest BCUT2D eigenvalue weighted by Gasteiger charge is 2.46. The summed E-state index contributed by atoms with van der Waals surface area (Å²) in [5, 5.41) is 0. The average Bonchev–Trinajstić information content (AvgIpc) is 3.18. The molecule has 2 aliphatic rings. The average molecular weight is 344 g/mol. The molecule has 0 N–H and O–H groups in total. The summed E-state index contributed by atoms with van der Waals surface area (Å²) in [6.07, 6.45) is 0.469. The van der Waals surface area contributed by atoms with Crippen molar-refractivity contribution in [3.8, 4) is 0 Å². The molecule has 1 aromatic carbocycles. The van der Waals surface area contributed by atoms with E-state index >= 15 is 0 Å². The zero-order valence-corrected chi connectivity index (χ0v) is 15.4. The van der Waals surface area contributed by atoms with Crippen LogP contribution in [-0.2, 0) is 16.1 Å². The lowest BCUT2D eigenvalue weighted by atomic mass is 9.91. The van der Waals surface area contributed by atoms with Gasteiger partial charge >= 0.3 is 6.09 Å². The number of hydrogen-bond donors (Lipinski definition) is 0. The number of imide groups is 1. The Bertz CT molecular complexity index is 617. The van der Waals surface area contributed by atoms with Crippen LogP contribution < -0.4 is 0 Å². The van der Waals surface area contributed by atoms with E-state index in [2.05, 4.69) is 24.0 Å². The first kappa shape index (κ1) is 17.9. The van der Waals surface area contributed by atoms with Crippen LogP contribution >= 0.6 is 0 Å². The van der Waals surface area contributed by atoms with Crippen molar-refractivity contribution in [1.82, 2.24) is 9.80 Å². The molecule has 2 saturated heterocycles. The smallest absolute Gasteiger partial charge is 0.416 e. The molecule has 2 aliphatic heterocycles. The first-order valence-corrected chi connectivity index (χ1v) is 9.27. The van der Waals surface area contributed by atoms with E-state index in [0.717, 1.165) is 19.5 Å². The van der Waals surface area contributed by atoms with Crippen LogP contribution in [0.1, 0.15) is 32.8 Å². The monoisotopic (exact) mass is 344 g/mol. The molecule has 3 rings (SSSR count). The summed E-state index contributed by atoms with van der Waals surface area (Å²) < 4.78 is 5.16. The van der Waals surface area contributed by atoms with E-state index in [1.54, 1.807) is 0 Å². The van der Waals surface area contributed by atoms with Crippen LogP contribution in [0.15, 0.2) is 30.3 Å². The minimum absolute atomic E-state index is 0.0522. The first-order chi connectivity index (χ1) is 12.0. The van der Waals surface area contributed by atoms with E-state index in [4.69, 9.17) is 4.74 Å². The van der Waals surface area contributed by atoms with Gasteiger partial charge in [0.05, 0.1) is 12.0 Å². The Balaban J connectivity index is 1.72. The molecule has 5 nitrogen and oxygen atoms in total. The fourth-order valence-electron chi connectivity index (χ4n) is 3.98. The van der Waals surface area contributed by atoms with Crippen LogP contribution in [0.3, 0.4) is 0 Å². The van der Waals surface area contributed by atoms with Crippen molar-refractivity contribution in [3.63, 3.8) is 0 Å². The van der Waals surface area contributed by atoms with Gasteiger partial charge in [-0.05, 0) is 17.4 Å². The Hall–Kier alpha value is -1.88. The summed E-state index contributed by atoms with van der Waals surface area (Å²) in [6, 6.07) is 10.2. The Labute approximate surface area is 149 Å². The minimum Gasteiger partial charge on any atom is -0.447 e. The number of amides is 2. The van der Waals surface area contributed by atoms with Crippen molar-refractivity contribution < 1.29 is 14.3 Å². The number of carbonyl (C=O) groups is 2. The third-order valence-electron chi connectivity index (χ3n) is 5.52. The molecule has 0 saturated carbocycles. The van der Waals surface area contributed by atoms with E-state index in [1.165, 1.54) is 10.5 Å². The van der Waals surface area contributed by atoms with E-state index in [9.17, 15) is 9.59 Å². The standard InChI is InChI=1S/C20H28N2O3/c1-4-16-11-21(10-15-8-6-5-7-9-15)12-17(16)19(23)22-18(14(2)3)13-25-20(22)24/h5-9,14,16-18H,4,10-13H2,1-3H3/t16-,17-,18+/m1/s1. The van der Waals surface area contributed by atoms with E-state index in [1.807, 2.05) is 32.0 Å². The largest absolute Gasteiger partial charge is 0.447 e. The predicted octanol–water partition coefficient (Wildman–Crippen LogP) is 3.15. The highest BCUT2D eigenvalue weighted by atomic mass is 16.6. The maximum Gasteiger partial charge on any atom is 0.416 e. The van der Waals surface area contributed by atoms with Crippen LogP contribution in [0.4, 0.5) is 4.79 Å². The molecule has 2 heterocycles. The van der Waals surface area contributed by atoms with Crippen LogP contribution in [0.5, 0.6) is 0 Å². The van der Waals surface area contributed by atoms with E-state index < -0.39 is 6.09 Å². The van der Waals surface area contributed by atoms with E-state index in [0.29, 0.717) is 13.2 Å². The number of ether oxygens (including phenoxy) is 1. The highest BCUT2D eigenvalue weighted by Crippen LogP contribution is 2.32. The number of likely N-dealkylation sites (tertiary alicyclic amines) is 1. The maximum absolute atomic E-state index is 13.1. The van der Waals surface area contributed by atoms with Crippen molar-refractivity contribution in [2.24, 2.45) is 17.8 Å². The summed E-state index contributed by atoms with van der Waals surface area (Å²) >= 11 is 0. The molecule has 1 aromatic rings. The molecule has 25 heavy (non-hydrogen) atoms. The zero-order valence-electron chi connectivity index (χ0n) is 15.4. The summed E-state index contributed by atoms with van der Waals surface area (Å²) in [5.41, 5.74) is 1.26. The van der Waals surface area contributed by atoms with Gasteiger partial charge in [0, 0.05) is 19.6 Å². The zero-order chi connectivity index (χ0) is 18.0. The van der Waals surface area contributed by atoms with Gasteiger partial charge in [0.25, 0.3) is 0 Å². The number of hydrogen-bond acceptors (Lipinski definition) is 4. The normalized spacial score (nSPS) is 27.1. The van der Waals surface area contributed by atoms with Crippen molar-refractivity contribution in [3.05, 3.63) is 35.9 Å². The van der Waals surface area contributed by atoms with Crippen molar-refractivity contribution >= 4 is 12.0 Å². The van der Waals surface area contributed by atoms with Gasteiger partial charge in [-0.1, -0.05) is 57.5 Å². The quantitative estimate of drug-likeness (QED) is 0.823. The SMILES string of the molecule is CC[C@@H]1CN(Cc2ccccc2)C[C@H]1C(=O)N1C(=O)OC[C@H]1C(C)C. The maximum atomic E-state index is 13.1. The second-order valence-electron chi connectivity index (χ2n) is 7.55. The number of rotatable bonds is 5. The molecule has 0 unspecified atom stereocenters. The highest BCUT2D eigenvalue weighted by molar-refractivity contribution is 5.95. The predicted molar refractivity (Wildman–Crippen MR) is 95.8 cm³/mol. The molecule has 3 atom stereocenters. The lowest BCUT2D eigenvalue weighted by Crippen LogP contribution is -2.46. The van der Waals surface area contributed by atoms with Gasteiger partial charge in [-0.2, -0.15) is 0 Å². The van der Waals surface area contributed by atoms with Gasteiger partial charge in [-0.3, -0.25) is 9.69 Å². The van der Waals surface area contributed by atoms with Gasteiger partial charge in [0.1, 0.15) is 6.61 Å². The summed E-state index contributed by atoms with van der Waals surface area (Å²) in [4.78, 5) is 29.0. The van der Waals surface area contributed by atoms with Gasteiger partial charge in [0.15, 0.2) is 0 Å². The molecule has 2 fully saturated rings. The molecular weight excluding hydrogens is 316 g/mol. The molecule has 0 spiro atoms. The third kappa shape index (κ3) is 3.71. The van der Waals surface area contributed by atoms with Gasteiger partial charge in [-0.25, -0.2) is 9.69 Å². The number of cyclic esters (lactones) is 1. The summed E-state index contributed by atoms with van der Waals surface area (Å²) in [6.45, 7) is 8.96. The lowest BCUT2D eigenvalue weighted by molar-refractivity contribution is -0.134. The summed E-state index contributed by atoms with van der Waals surface area (Å²) in [7, 11) is 0. The lowest BCUT2D eigenvalue weighted by Gasteiger charge is -2.27. The second-order valence-corrected chi connectivity index (χ2v) is 7.55. The third-order valence-corrected chi connectivity index (χ3v) is 5.52. The van der Waals surface area contributed by atoms with Crippen molar-refractivity contribution in [1.29, 1.82) is 0 Å². The number of carbonyl (C=O) groups excluding carboxylic acids is 2. The fourth-order valence-corrected chi connectivity index (χ4v) is 3.98. The fraction of sp³-hybridized carbons (Fsp3) is 0.600. The minimum atomic E-state index is -0.472. The Morgan fingerprint density at radius 1 is 1.24 bits per heavy atom. The molecule has 0 radical (unpaired) electrons. The molecular formula is C20H28N2O3. The molecule has 136 valence electrons.